The van der Waals surface area contributed by atoms with Gasteiger partial charge in [0.1, 0.15) is 11.8 Å². The van der Waals surface area contributed by atoms with Gasteiger partial charge in [0.25, 0.3) is 0 Å². The lowest BCUT2D eigenvalue weighted by Gasteiger charge is -2.28. The molecule has 2 amide bonds. The Balaban J connectivity index is 1.96. The third-order valence-electron chi connectivity index (χ3n) is 3.27. The summed E-state index contributed by atoms with van der Waals surface area (Å²) in [6, 6.07) is 4.98. The fourth-order valence-electron chi connectivity index (χ4n) is 2.07. The van der Waals surface area contributed by atoms with Gasteiger partial charge in [-0.05, 0) is 17.7 Å². The molecule has 1 aliphatic heterocycles. The van der Waals surface area contributed by atoms with Gasteiger partial charge in [-0.1, -0.05) is 12.1 Å². The smallest absolute Gasteiger partial charge is 0.326 e. The van der Waals surface area contributed by atoms with Crippen molar-refractivity contribution in [1.29, 1.82) is 0 Å². The lowest BCUT2D eigenvalue weighted by Crippen LogP contribution is -2.51. The summed E-state index contributed by atoms with van der Waals surface area (Å²) in [5.41, 5.74) is 0.745. The molecule has 2 rings (SSSR count). The van der Waals surface area contributed by atoms with Crippen molar-refractivity contribution < 1.29 is 19.8 Å². The molecule has 1 heterocycles. The third-order valence-corrected chi connectivity index (χ3v) is 4.21. The normalized spacial score (nSPS) is 16.3. The van der Waals surface area contributed by atoms with E-state index in [0.29, 0.717) is 13.1 Å². The monoisotopic (exact) mass is 310 g/mol. The van der Waals surface area contributed by atoms with Crippen LogP contribution in [0.1, 0.15) is 5.56 Å². The van der Waals surface area contributed by atoms with Crippen LogP contribution in [0.2, 0.25) is 0 Å². The molecule has 1 aromatic carbocycles. The summed E-state index contributed by atoms with van der Waals surface area (Å²) in [7, 11) is 0. The lowest BCUT2D eigenvalue weighted by atomic mass is 10.1. The number of carboxylic acids is 1. The number of aromatic hydroxyl groups is 1. The van der Waals surface area contributed by atoms with Gasteiger partial charge in [-0.3, -0.25) is 0 Å². The van der Waals surface area contributed by atoms with Gasteiger partial charge in [-0.25, -0.2) is 9.59 Å². The highest BCUT2D eigenvalue weighted by Gasteiger charge is 2.24. The van der Waals surface area contributed by atoms with Gasteiger partial charge >= 0.3 is 12.0 Å². The SMILES string of the molecule is O=C(O)C(Cc1ccc(O)cc1)NC(=O)N1CCSCC1. The minimum absolute atomic E-state index is 0.125. The van der Waals surface area contributed by atoms with Crippen molar-refractivity contribution in [3.8, 4) is 5.75 Å². The van der Waals surface area contributed by atoms with Crippen LogP contribution >= 0.6 is 11.8 Å². The van der Waals surface area contributed by atoms with Crippen molar-refractivity contribution in [2.75, 3.05) is 24.6 Å². The van der Waals surface area contributed by atoms with Gasteiger partial charge in [0.2, 0.25) is 0 Å². The van der Waals surface area contributed by atoms with Crippen molar-refractivity contribution in [2.24, 2.45) is 0 Å². The number of nitrogens with zero attached hydrogens (tertiary/aromatic N) is 1. The van der Waals surface area contributed by atoms with E-state index in [2.05, 4.69) is 5.32 Å². The molecule has 1 aromatic rings. The Labute approximate surface area is 127 Å². The van der Waals surface area contributed by atoms with Crippen LogP contribution in [0, 0.1) is 0 Å². The number of carbonyl (C=O) groups excluding carboxylic acids is 1. The summed E-state index contributed by atoms with van der Waals surface area (Å²) >= 11 is 1.78. The van der Waals surface area contributed by atoms with Crippen LogP contribution in [0.15, 0.2) is 24.3 Å². The standard InChI is InChI=1S/C14H18N2O4S/c17-11-3-1-10(2-4-11)9-12(13(18)19)15-14(20)16-5-7-21-8-6-16/h1-4,12,17H,5-9H2,(H,15,20)(H,18,19). The summed E-state index contributed by atoms with van der Waals surface area (Å²) < 4.78 is 0. The van der Waals surface area contributed by atoms with Gasteiger partial charge in [0.05, 0.1) is 0 Å². The second-order valence-corrected chi connectivity index (χ2v) is 6.04. The van der Waals surface area contributed by atoms with Gasteiger partial charge in [0, 0.05) is 31.0 Å². The number of aliphatic carboxylic acids is 1. The second-order valence-electron chi connectivity index (χ2n) is 4.81. The van der Waals surface area contributed by atoms with E-state index in [1.54, 1.807) is 28.8 Å². The maximum Gasteiger partial charge on any atom is 0.326 e. The summed E-state index contributed by atoms with van der Waals surface area (Å²) in [5.74, 6) is 0.815. The quantitative estimate of drug-likeness (QED) is 0.776. The van der Waals surface area contributed by atoms with Crippen molar-refractivity contribution in [3.05, 3.63) is 29.8 Å². The van der Waals surface area contributed by atoms with Crippen molar-refractivity contribution >= 4 is 23.8 Å². The number of thioether (sulfide) groups is 1. The van der Waals surface area contributed by atoms with Gasteiger partial charge < -0.3 is 20.4 Å². The van der Waals surface area contributed by atoms with E-state index in [-0.39, 0.29) is 18.2 Å². The van der Waals surface area contributed by atoms with E-state index >= 15 is 0 Å². The first-order valence-corrected chi connectivity index (χ1v) is 7.85. The molecule has 0 bridgehead atoms. The molecule has 1 atom stereocenters. The van der Waals surface area contributed by atoms with Crippen molar-refractivity contribution in [3.63, 3.8) is 0 Å². The fraction of sp³-hybridized carbons (Fsp3) is 0.429. The van der Waals surface area contributed by atoms with E-state index in [0.717, 1.165) is 17.1 Å². The number of phenols is 1. The Morgan fingerprint density at radius 2 is 1.86 bits per heavy atom. The van der Waals surface area contributed by atoms with Crippen LogP contribution in [0.25, 0.3) is 0 Å². The Morgan fingerprint density at radius 3 is 2.43 bits per heavy atom. The van der Waals surface area contributed by atoms with E-state index in [9.17, 15) is 19.8 Å². The number of nitrogens with one attached hydrogen (secondary N) is 1. The van der Waals surface area contributed by atoms with Crippen LogP contribution in [0.5, 0.6) is 5.75 Å². The molecule has 21 heavy (non-hydrogen) atoms. The van der Waals surface area contributed by atoms with Crippen LogP contribution < -0.4 is 5.32 Å². The average Bonchev–Trinajstić information content (AvgIpc) is 2.49. The predicted molar refractivity (Wildman–Crippen MR) is 80.7 cm³/mol. The molecule has 7 heteroatoms. The number of hydrogen-bond acceptors (Lipinski definition) is 4. The maximum absolute atomic E-state index is 12.1. The number of phenolic OH excluding ortho intramolecular Hbond substituents is 1. The van der Waals surface area contributed by atoms with Gasteiger partial charge in [-0.15, -0.1) is 0 Å². The number of carbonyl (C=O) groups is 2. The molecular formula is C14H18N2O4S. The third kappa shape index (κ3) is 4.56. The molecule has 1 fully saturated rings. The highest BCUT2D eigenvalue weighted by atomic mass is 32.2. The Morgan fingerprint density at radius 1 is 1.24 bits per heavy atom. The molecule has 0 radical (unpaired) electrons. The highest BCUT2D eigenvalue weighted by molar-refractivity contribution is 7.99. The molecular weight excluding hydrogens is 292 g/mol. The summed E-state index contributed by atoms with van der Waals surface area (Å²) in [5, 5.41) is 21.0. The molecule has 0 aliphatic carbocycles. The molecule has 0 saturated carbocycles. The van der Waals surface area contributed by atoms with Gasteiger partial charge in [-0.2, -0.15) is 11.8 Å². The highest BCUT2D eigenvalue weighted by Crippen LogP contribution is 2.12. The number of benzene rings is 1. The zero-order valence-electron chi connectivity index (χ0n) is 11.5. The molecule has 1 unspecified atom stereocenters. The van der Waals surface area contributed by atoms with E-state index in [4.69, 9.17) is 0 Å². The fourth-order valence-corrected chi connectivity index (χ4v) is 2.98. The summed E-state index contributed by atoms with van der Waals surface area (Å²) in [4.78, 5) is 25.0. The summed E-state index contributed by atoms with van der Waals surface area (Å²) in [6.07, 6.45) is 0.184. The minimum atomic E-state index is -1.07. The van der Waals surface area contributed by atoms with Crippen LogP contribution in [0.3, 0.4) is 0 Å². The maximum atomic E-state index is 12.1. The topological polar surface area (TPSA) is 89.9 Å². The molecule has 1 aliphatic rings. The number of amides is 2. The van der Waals surface area contributed by atoms with E-state index in [1.165, 1.54) is 12.1 Å². The zero-order valence-corrected chi connectivity index (χ0v) is 12.3. The second kappa shape index (κ2) is 7.21. The van der Waals surface area contributed by atoms with Gasteiger partial charge in [0.15, 0.2) is 0 Å². The molecule has 114 valence electrons. The van der Waals surface area contributed by atoms with E-state index in [1.807, 2.05) is 0 Å². The van der Waals surface area contributed by atoms with Crippen molar-refractivity contribution in [2.45, 2.75) is 12.5 Å². The molecule has 1 saturated heterocycles. The number of hydrogen-bond donors (Lipinski definition) is 3. The molecule has 0 spiro atoms. The first-order valence-electron chi connectivity index (χ1n) is 6.70. The number of carboxylic acid groups (broad SMARTS) is 1. The summed E-state index contributed by atoms with van der Waals surface area (Å²) in [6.45, 7) is 1.28. The Kier molecular flexibility index (Phi) is 5.32. The first-order chi connectivity index (χ1) is 10.1. The molecule has 6 nitrogen and oxygen atoms in total. The molecule has 3 N–H and O–H groups in total. The Hall–Kier alpha value is -1.89. The van der Waals surface area contributed by atoms with Crippen LogP contribution in [-0.4, -0.2) is 57.8 Å². The average molecular weight is 310 g/mol. The number of rotatable bonds is 4. The lowest BCUT2D eigenvalue weighted by molar-refractivity contribution is -0.139. The van der Waals surface area contributed by atoms with Crippen LogP contribution in [0.4, 0.5) is 4.79 Å². The first kappa shape index (κ1) is 15.5. The van der Waals surface area contributed by atoms with E-state index < -0.39 is 12.0 Å². The largest absolute Gasteiger partial charge is 0.508 e. The van der Waals surface area contributed by atoms with Crippen molar-refractivity contribution in [1.82, 2.24) is 10.2 Å². The van der Waals surface area contributed by atoms with Crippen LogP contribution in [-0.2, 0) is 11.2 Å². The predicted octanol–water partition coefficient (Wildman–Crippen LogP) is 1.15. The molecule has 0 aromatic heterocycles. The minimum Gasteiger partial charge on any atom is -0.508 e. The number of urea groups is 1. The zero-order chi connectivity index (χ0) is 15.2. The Bertz CT molecular complexity index is 500.